The van der Waals surface area contributed by atoms with Crippen LogP contribution in [0.5, 0.6) is 11.5 Å². The second-order valence-corrected chi connectivity index (χ2v) is 11.0. The summed E-state index contributed by atoms with van der Waals surface area (Å²) in [6.07, 6.45) is 13.5. The molecule has 0 aliphatic carbocycles. The number of benzene rings is 2. The minimum Gasteiger partial charge on any atom is -0.457 e. The van der Waals surface area contributed by atoms with Gasteiger partial charge in [0.1, 0.15) is 21.3 Å². The Kier molecular flexibility index (Phi) is 10.8. The molecule has 0 unspecified atom stereocenters. The molecule has 2 aromatic carbocycles. The van der Waals surface area contributed by atoms with Crippen molar-refractivity contribution in [2.24, 2.45) is 0 Å². The van der Waals surface area contributed by atoms with Crippen LogP contribution in [-0.2, 0) is 26.7 Å². The lowest BCUT2D eigenvalue weighted by atomic mass is 10.0. The van der Waals surface area contributed by atoms with E-state index in [2.05, 4.69) is 6.92 Å². The molecule has 0 atom stereocenters. The van der Waals surface area contributed by atoms with Crippen LogP contribution in [0.2, 0.25) is 0 Å². The van der Waals surface area contributed by atoms with Gasteiger partial charge >= 0.3 is 0 Å². The highest BCUT2D eigenvalue weighted by atomic mass is 32.2. The minimum absolute atomic E-state index is 0.0195. The lowest BCUT2D eigenvalue weighted by molar-refractivity contribution is 0.459. The fourth-order valence-electron chi connectivity index (χ4n) is 3.68. The summed E-state index contributed by atoms with van der Waals surface area (Å²) in [5.74, 6) is 0.478. The van der Waals surface area contributed by atoms with Crippen LogP contribution in [0.15, 0.2) is 52.3 Å². The number of aryl methyl sites for hydroxylation is 1. The number of ether oxygens (including phenoxy) is 1. The first kappa shape index (κ1) is 27.3. The summed E-state index contributed by atoms with van der Waals surface area (Å²) >= 11 is 0. The highest BCUT2D eigenvalue weighted by Crippen LogP contribution is 2.29. The molecule has 7 nitrogen and oxygen atoms in total. The molecule has 9 heteroatoms. The van der Waals surface area contributed by atoms with Gasteiger partial charge in [0.15, 0.2) is 0 Å². The zero-order chi connectivity index (χ0) is 24.3. The van der Waals surface area contributed by atoms with E-state index in [1.165, 1.54) is 57.4 Å². The maximum absolute atomic E-state index is 11.6. The average Bonchev–Trinajstić information content (AvgIpc) is 2.74. The molecule has 0 fully saturated rings. The predicted octanol–water partition coefficient (Wildman–Crippen LogP) is 6.44. The third-order valence-electron chi connectivity index (χ3n) is 5.42. The highest BCUT2D eigenvalue weighted by molar-refractivity contribution is 7.89. The van der Waals surface area contributed by atoms with Crippen molar-refractivity contribution in [1.29, 1.82) is 0 Å². The Morgan fingerprint density at radius 1 is 0.667 bits per heavy atom. The molecule has 0 amide bonds. The second kappa shape index (κ2) is 13.1. The number of hydrogen-bond acceptors (Lipinski definition) is 5. The smallest absolute Gasteiger partial charge is 0.296 e. The van der Waals surface area contributed by atoms with Crippen molar-refractivity contribution in [1.82, 2.24) is 0 Å². The first-order chi connectivity index (χ1) is 15.6. The molecule has 2 rings (SSSR count). The van der Waals surface area contributed by atoms with Crippen LogP contribution >= 0.6 is 0 Å². The molecule has 0 bridgehead atoms. The Balaban J connectivity index is 1.89. The molecule has 184 valence electrons. The molecule has 0 aliphatic heterocycles. The summed E-state index contributed by atoms with van der Waals surface area (Å²) < 4.78 is 70.1. The highest BCUT2D eigenvalue weighted by Gasteiger charge is 2.24. The molecule has 2 N–H and O–H groups in total. The van der Waals surface area contributed by atoms with Gasteiger partial charge in [-0.05, 0) is 42.7 Å². The standard InChI is InChI=1S/C24H34O7S2/c1-2-3-4-5-6-7-8-9-10-11-13-20-14-12-15-21(18-20)31-22-16-17-23(32(25,26)27)24(19-22)33(28,29)30/h12,14-19H,2-11,13H2,1H3,(H,25,26,27)(H,28,29,30). The van der Waals surface area contributed by atoms with Crippen molar-refractivity contribution in [2.45, 2.75) is 87.3 Å². The van der Waals surface area contributed by atoms with Gasteiger partial charge in [0.25, 0.3) is 20.2 Å². The zero-order valence-electron chi connectivity index (χ0n) is 19.1. The fraction of sp³-hybridized carbons (Fsp3) is 0.500. The molecule has 0 heterocycles. The third kappa shape index (κ3) is 9.83. The van der Waals surface area contributed by atoms with E-state index < -0.39 is 30.0 Å². The van der Waals surface area contributed by atoms with Crippen LogP contribution in [0.3, 0.4) is 0 Å². The lowest BCUT2D eigenvalue weighted by Gasteiger charge is -2.10. The summed E-state index contributed by atoms with van der Waals surface area (Å²) in [5, 5.41) is 0. The van der Waals surface area contributed by atoms with Crippen LogP contribution in [0, 0.1) is 0 Å². The Bertz CT molecular complexity index is 1090. The summed E-state index contributed by atoms with van der Waals surface area (Å²) in [7, 11) is -9.72. The van der Waals surface area contributed by atoms with Gasteiger partial charge in [-0.3, -0.25) is 9.11 Å². The van der Waals surface area contributed by atoms with E-state index in [4.69, 9.17) is 4.74 Å². The molecule has 0 radical (unpaired) electrons. The monoisotopic (exact) mass is 498 g/mol. The molecule has 0 spiro atoms. The number of unbranched alkanes of at least 4 members (excludes halogenated alkanes) is 9. The van der Waals surface area contributed by atoms with Crippen molar-refractivity contribution in [3.8, 4) is 11.5 Å². The van der Waals surface area contributed by atoms with Crippen LogP contribution < -0.4 is 4.74 Å². The lowest BCUT2D eigenvalue weighted by Crippen LogP contribution is -2.08. The van der Waals surface area contributed by atoms with E-state index in [0.29, 0.717) is 5.75 Å². The average molecular weight is 499 g/mol. The second-order valence-electron chi connectivity index (χ2n) is 8.24. The number of hydrogen-bond donors (Lipinski definition) is 2. The SMILES string of the molecule is CCCCCCCCCCCCc1cccc(Oc2ccc(S(=O)(=O)O)c(S(=O)(=O)O)c2)c1. The predicted molar refractivity (Wildman–Crippen MR) is 128 cm³/mol. The van der Waals surface area contributed by atoms with Crippen LogP contribution in [0.4, 0.5) is 0 Å². The Labute approximate surface area is 197 Å². The largest absolute Gasteiger partial charge is 0.457 e. The summed E-state index contributed by atoms with van der Waals surface area (Å²) in [6, 6.07) is 10.3. The van der Waals surface area contributed by atoms with Crippen LogP contribution in [0.1, 0.15) is 76.7 Å². The van der Waals surface area contributed by atoms with Crippen molar-refractivity contribution in [3.63, 3.8) is 0 Å². The number of rotatable bonds is 15. The summed E-state index contributed by atoms with van der Waals surface area (Å²) in [5.41, 5.74) is 1.08. The first-order valence-corrected chi connectivity index (χ1v) is 14.3. The summed E-state index contributed by atoms with van der Waals surface area (Å²) in [4.78, 5) is -1.85. The Morgan fingerprint density at radius 2 is 1.21 bits per heavy atom. The van der Waals surface area contributed by atoms with Crippen molar-refractivity contribution >= 4 is 20.2 Å². The molecular formula is C24H34O7S2. The first-order valence-electron chi connectivity index (χ1n) is 11.5. The Hall–Kier alpha value is -1.94. The molecule has 33 heavy (non-hydrogen) atoms. The molecular weight excluding hydrogens is 464 g/mol. The van der Waals surface area contributed by atoms with Crippen molar-refractivity contribution in [2.75, 3.05) is 0 Å². The molecule has 0 aromatic heterocycles. The van der Waals surface area contributed by atoms with E-state index >= 15 is 0 Å². The summed E-state index contributed by atoms with van der Waals surface area (Å²) in [6.45, 7) is 2.23. The van der Waals surface area contributed by atoms with E-state index in [1.807, 2.05) is 18.2 Å². The maximum atomic E-state index is 11.6. The van der Waals surface area contributed by atoms with Crippen LogP contribution in [0.25, 0.3) is 0 Å². The molecule has 0 aliphatic rings. The van der Waals surface area contributed by atoms with Gasteiger partial charge in [0.2, 0.25) is 0 Å². The normalized spacial score (nSPS) is 12.1. The maximum Gasteiger partial charge on any atom is 0.296 e. The molecule has 0 saturated carbocycles. The van der Waals surface area contributed by atoms with Gasteiger partial charge in [-0.25, -0.2) is 0 Å². The molecule has 2 aromatic rings. The van der Waals surface area contributed by atoms with Gasteiger partial charge in [0.05, 0.1) is 0 Å². The zero-order valence-corrected chi connectivity index (χ0v) is 20.7. The van der Waals surface area contributed by atoms with Gasteiger partial charge in [0, 0.05) is 6.07 Å². The Morgan fingerprint density at radius 3 is 1.79 bits per heavy atom. The fourth-order valence-corrected chi connectivity index (χ4v) is 5.46. The van der Waals surface area contributed by atoms with Gasteiger partial charge in [-0.2, -0.15) is 16.8 Å². The van der Waals surface area contributed by atoms with Crippen molar-refractivity contribution < 1.29 is 30.7 Å². The van der Waals surface area contributed by atoms with Gasteiger partial charge < -0.3 is 4.74 Å². The topological polar surface area (TPSA) is 118 Å². The third-order valence-corrected chi connectivity index (χ3v) is 7.36. The van der Waals surface area contributed by atoms with E-state index in [-0.39, 0.29) is 5.75 Å². The van der Waals surface area contributed by atoms with E-state index in [0.717, 1.165) is 37.0 Å². The van der Waals surface area contributed by atoms with E-state index in [1.54, 1.807) is 6.07 Å². The van der Waals surface area contributed by atoms with Crippen molar-refractivity contribution in [3.05, 3.63) is 48.0 Å². The minimum atomic E-state index is -4.89. The van der Waals surface area contributed by atoms with Gasteiger partial charge in [-0.1, -0.05) is 76.8 Å². The van der Waals surface area contributed by atoms with E-state index in [9.17, 15) is 25.9 Å². The quantitative estimate of drug-likeness (QED) is 0.214. The molecule has 0 saturated heterocycles. The van der Waals surface area contributed by atoms with Crippen LogP contribution in [-0.4, -0.2) is 25.9 Å². The van der Waals surface area contributed by atoms with Gasteiger partial charge in [-0.15, -0.1) is 0 Å².